The lowest BCUT2D eigenvalue weighted by Gasteiger charge is -2.37. The van der Waals surface area contributed by atoms with Crippen LogP contribution in [0.4, 0.5) is 5.69 Å². The second kappa shape index (κ2) is 7.97. The molecule has 1 heterocycles. The molecular weight excluding hydrogens is 298 g/mol. The molecule has 126 valence electrons. The number of nitrogens with zero attached hydrogens (tertiary/aromatic N) is 2. The minimum atomic E-state index is -0.281. The first-order valence-electron chi connectivity index (χ1n) is 8.67. The zero-order valence-corrected chi connectivity index (χ0v) is 14.2. The maximum Gasteiger partial charge on any atom is 0.250 e. The number of rotatable bonds is 5. The summed E-state index contributed by atoms with van der Waals surface area (Å²) in [7, 11) is 0. The van der Waals surface area contributed by atoms with Crippen LogP contribution in [0.3, 0.4) is 0 Å². The maximum atomic E-state index is 13.3. The number of para-hydroxylation sites is 1. The fourth-order valence-corrected chi connectivity index (χ4v) is 3.28. The average Bonchev–Trinajstić information content (AvgIpc) is 2.67. The molecule has 3 rings (SSSR count). The number of anilines is 1. The van der Waals surface area contributed by atoms with E-state index in [1.807, 2.05) is 41.3 Å². The normalized spacial score (nSPS) is 15.8. The Kier molecular flexibility index (Phi) is 5.49. The summed E-state index contributed by atoms with van der Waals surface area (Å²) in [4.78, 5) is 17.5. The van der Waals surface area contributed by atoms with Crippen molar-refractivity contribution in [2.75, 3.05) is 37.6 Å². The zero-order chi connectivity index (χ0) is 16.8. The van der Waals surface area contributed by atoms with Gasteiger partial charge in [0.05, 0.1) is 0 Å². The molecule has 0 aromatic heterocycles. The van der Waals surface area contributed by atoms with Crippen LogP contribution in [0.25, 0.3) is 0 Å². The van der Waals surface area contributed by atoms with Gasteiger partial charge in [-0.15, -0.1) is 0 Å². The molecular formula is C20H25N3O. The molecule has 1 unspecified atom stereocenters. The van der Waals surface area contributed by atoms with Gasteiger partial charge in [0.2, 0.25) is 5.91 Å². The highest BCUT2D eigenvalue weighted by atomic mass is 16.2. The molecule has 1 aliphatic heterocycles. The van der Waals surface area contributed by atoms with Crippen LogP contribution in [0.2, 0.25) is 0 Å². The van der Waals surface area contributed by atoms with Crippen LogP contribution in [0.5, 0.6) is 0 Å². The van der Waals surface area contributed by atoms with E-state index in [0.717, 1.165) is 44.0 Å². The minimum Gasteiger partial charge on any atom is -0.356 e. The fraction of sp³-hybridized carbons (Fsp3) is 0.350. The van der Waals surface area contributed by atoms with Crippen LogP contribution in [0, 0.1) is 0 Å². The molecule has 1 amide bonds. The number of nitrogens with one attached hydrogen (secondary N) is 1. The summed E-state index contributed by atoms with van der Waals surface area (Å²) in [6, 6.07) is 20.0. The van der Waals surface area contributed by atoms with E-state index in [-0.39, 0.29) is 11.9 Å². The second-order valence-corrected chi connectivity index (χ2v) is 6.01. The van der Waals surface area contributed by atoms with Crippen molar-refractivity contribution in [2.45, 2.75) is 13.0 Å². The molecule has 0 aliphatic carbocycles. The van der Waals surface area contributed by atoms with E-state index >= 15 is 0 Å². The van der Waals surface area contributed by atoms with Crippen molar-refractivity contribution >= 4 is 11.6 Å². The molecule has 1 saturated heterocycles. The number of piperazine rings is 1. The molecule has 1 atom stereocenters. The highest BCUT2D eigenvalue weighted by Gasteiger charge is 2.31. The lowest BCUT2D eigenvalue weighted by Crippen LogP contribution is -2.51. The molecule has 2 aromatic carbocycles. The number of hydrogen-bond donors (Lipinski definition) is 1. The third kappa shape index (κ3) is 3.60. The Hall–Kier alpha value is -2.33. The maximum absolute atomic E-state index is 13.3. The average molecular weight is 323 g/mol. The topological polar surface area (TPSA) is 35.6 Å². The molecule has 1 fully saturated rings. The van der Waals surface area contributed by atoms with Crippen LogP contribution in [-0.2, 0) is 4.79 Å². The molecule has 1 aliphatic rings. The number of carbonyl (C=O) groups is 1. The Labute approximate surface area is 144 Å². The lowest BCUT2D eigenvalue weighted by molar-refractivity contribution is -0.133. The van der Waals surface area contributed by atoms with Gasteiger partial charge in [0.25, 0.3) is 0 Å². The quantitative estimate of drug-likeness (QED) is 0.919. The zero-order valence-electron chi connectivity index (χ0n) is 14.2. The Bertz CT molecular complexity index is 638. The van der Waals surface area contributed by atoms with E-state index in [9.17, 15) is 4.79 Å². The Morgan fingerprint density at radius 3 is 2.21 bits per heavy atom. The predicted molar refractivity (Wildman–Crippen MR) is 98.1 cm³/mol. The van der Waals surface area contributed by atoms with Gasteiger partial charge < -0.3 is 15.1 Å². The summed E-state index contributed by atoms with van der Waals surface area (Å²) in [5.41, 5.74) is 2.13. The monoisotopic (exact) mass is 323 g/mol. The third-order valence-corrected chi connectivity index (χ3v) is 4.52. The third-order valence-electron chi connectivity index (χ3n) is 4.52. The molecule has 4 heteroatoms. The number of benzene rings is 2. The fourth-order valence-electron chi connectivity index (χ4n) is 3.28. The first-order chi connectivity index (χ1) is 11.8. The molecule has 24 heavy (non-hydrogen) atoms. The minimum absolute atomic E-state index is 0.188. The van der Waals surface area contributed by atoms with Crippen LogP contribution in [-0.4, -0.2) is 43.5 Å². The summed E-state index contributed by atoms with van der Waals surface area (Å²) in [6.45, 7) is 6.16. The molecule has 0 saturated carbocycles. The molecule has 0 spiro atoms. The summed E-state index contributed by atoms with van der Waals surface area (Å²) in [6.07, 6.45) is 0. The number of likely N-dealkylation sites (N-methyl/N-ethyl adjacent to an activating group) is 1. The Balaban J connectivity index is 1.96. The van der Waals surface area contributed by atoms with Gasteiger partial charge in [-0.1, -0.05) is 48.5 Å². The highest BCUT2D eigenvalue weighted by Crippen LogP contribution is 2.28. The molecule has 2 aromatic rings. The van der Waals surface area contributed by atoms with E-state index in [0.29, 0.717) is 0 Å². The van der Waals surface area contributed by atoms with Gasteiger partial charge in [-0.05, 0) is 24.6 Å². The summed E-state index contributed by atoms with van der Waals surface area (Å²) >= 11 is 0. The molecule has 1 N–H and O–H groups in total. The number of carbonyl (C=O) groups excluding carboxylic acids is 1. The predicted octanol–water partition coefficient (Wildman–Crippen LogP) is 2.69. The van der Waals surface area contributed by atoms with Crippen molar-refractivity contribution in [3.63, 3.8) is 0 Å². The second-order valence-electron chi connectivity index (χ2n) is 6.01. The first-order valence-corrected chi connectivity index (χ1v) is 8.67. The van der Waals surface area contributed by atoms with Gasteiger partial charge in [-0.2, -0.15) is 0 Å². The van der Waals surface area contributed by atoms with Crippen molar-refractivity contribution in [3.8, 4) is 0 Å². The first kappa shape index (κ1) is 16.5. The van der Waals surface area contributed by atoms with Gasteiger partial charge in [-0.25, -0.2) is 0 Å². The van der Waals surface area contributed by atoms with Gasteiger partial charge in [-0.3, -0.25) is 4.79 Å². The smallest absolute Gasteiger partial charge is 0.250 e. The summed E-state index contributed by atoms with van der Waals surface area (Å²) in [5, 5.41) is 3.32. The van der Waals surface area contributed by atoms with E-state index in [2.05, 4.69) is 41.4 Å². The molecule has 0 radical (unpaired) electrons. The van der Waals surface area contributed by atoms with Gasteiger partial charge in [0.1, 0.15) is 6.04 Å². The van der Waals surface area contributed by atoms with Crippen LogP contribution in [0.15, 0.2) is 60.7 Å². The number of amides is 1. The van der Waals surface area contributed by atoms with Gasteiger partial charge in [0.15, 0.2) is 0 Å². The lowest BCUT2D eigenvalue weighted by atomic mass is 10.0. The van der Waals surface area contributed by atoms with E-state index in [1.54, 1.807) is 0 Å². The SMILES string of the molecule is CCN(c1ccccc1)C(C(=O)N1CCNCC1)c1ccccc1. The van der Waals surface area contributed by atoms with Gasteiger partial charge >= 0.3 is 0 Å². The Morgan fingerprint density at radius 1 is 1.04 bits per heavy atom. The van der Waals surface area contributed by atoms with Crippen LogP contribution >= 0.6 is 0 Å². The van der Waals surface area contributed by atoms with Crippen molar-refractivity contribution in [1.82, 2.24) is 10.2 Å². The number of hydrogen-bond acceptors (Lipinski definition) is 3. The largest absolute Gasteiger partial charge is 0.356 e. The van der Waals surface area contributed by atoms with E-state index in [1.165, 1.54) is 0 Å². The van der Waals surface area contributed by atoms with Crippen LogP contribution < -0.4 is 10.2 Å². The van der Waals surface area contributed by atoms with Crippen molar-refractivity contribution < 1.29 is 4.79 Å². The van der Waals surface area contributed by atoms with E-state index in [4.69, 9.17) is 0 Å². The van der Waals surface area contributed by atoms with Crippen molar-refractivity contribution in [3.05, 3.63) is 66.2 Å². The summed E-state index contributed by atoms with van der Waals surface area (Å²) < 4.78 is 0. The van der Waals surface area contributed by atoms with Crippen molar-refractivity contribution in [1.29, 1.82) is 0 Å². The molecule has 0 bridgehead atoms. The standard InChI is InChI=1S/C20H25N3O/c1-2-23(18-11-7-4-8-12-18)19(17-9-5-3-6-10-17)20(24)22-15-13-21-14-16-22/h3-12,19,21H,2,13-16H2,1H3. The van der Waals surface area contributed by atoms with Crippen LogP contribution in [0.1, 0.15) is 18.5 Å². The molecule has 4 nitrogen and oxygen atoms in total. The Morgan fingerprint density at radius 2 is 1.62 bits per heavy atom. The van der Waals surface area contributed by atoms with Crippen molar-refractivity contribution in [2.24, 2.45) is 0 Å². The van der Waals surface area contributed by atoms with Gasteiger partial charge in [0, 0.05) is 38.4 Å². The van der Waals surface area contributed by atoms with E-state index < -0.39 is 0 Å². The highest BCUT2D eigenvalue weighted by molar-refractivity contribution is 5.87. The summed E-state index contributed by atoms with van der Waals surface area (Å²) in [5.74, 6) is 0.188.